The van der Waals surface area contributed by atoms with Crippen LogP contribution < -0.4 is 11.1 Å². The Bertz CT molecular complexity index is 669. The zero-order valence-electron chi connectivity index (χ0n) is 10.7. The van der Waals surface area contributed by atoms with Gasteiger partial charge in [-0.1, -0.05) is 11.6 Å². The summed E-state index contributed by atoms with van der Waals surface area (Å²) in [6.45, 7) is 1.79. The van der Waals surface area contributed by atoms with E-state index in [0.717, 1.165) is 5.69 Å². The Morgan fingerprint density at radius 1 is 1.25 bits per heavy atom. The van der Waals surface area contributed by atoms with Gasteiger partial charge >= 0.3 is 0 Å². The molecule has 0 unspecified atom stereocenters. The Kier molecular flexibility index (Phi) is 4.00. The maximum absolute atomic E-state index is 12.0. The molecule has 0 bridgehead atoms. The number of amides is 2. The summed E-state index contributed by atoms with van der Waals surface area (Å²) < 4.78 is 0. The number of halogens is 1. The third-order valence-corrected chi connectivity index (χ3v) is 2.97. The van der Waals surface area contributed by atoms with Crippen molar-refractivity contribution < 1.29 is 9.59 Å². The number of nitrogens with zero attached hydrogens (tertiary/aromatic N) is 1. The van der Waals surface area contributed by atoms with Gasteiger partial charge in [0.1, 0.15) is 0 Å². The van der Waals surface area contributed by atoms with Gasteiger partial charge in [-0.05, 0) is 37.3 Å². The fraction of sp³-hybridized carbons (Fsp3) is 0.0714. The maximum Gasteiger partial charge on any atom is 0.258 e. The molecule has 2 amide bonds. The van der Waals surface area contributed by atoms with E-state index in [4.69, 9.17) is 17.3 Å². The van der Waals surface area contributed by atoms with Crippen molar-refractivity contribution in [1.82, 2.24) is 4.98 Å². The van der Waals surface area contributed by atoms with Gasteiger partial charge in [-0.2, -0.15) is 0 Å². The van der Waals surface area contributed by atoms with Crippen molar-refractivity contribution in [2.45, 2.75) is 6.92 Å². The second-order valence-electron chi connectivity index (χ2n) is 4.20. The van der Waals surface area contributed by atoms with Crippen LogP contribution in [-0.4, -0.2) is 16.8 Å². The first kappa shape index (κ1) is 14.0. The molecule has 0 saturated carbocycles. The highest BCUT2D eigenvalue weighted by Crippen LogP contribution is 2.18. The zero-order chi connectivity index (χ0) is 14.7. The van der Waals surface area contributed by atoms with Gasteiger partial charge in [0, 0.05) is 23.1 Å². The SMILES string of the molecule is Cc1cc(Cl)c(C(=O)Nc2ccc(C(N)=O)cc2)cn1. The first-order valence-corrected chi connectivity index (χ1v) is 6.18. The van der Waals surface area contributed by atoms with Gasteiger partial charge in [0.2, 0.25) is 5.91 Å². The van der Waals surface area contributed by atoms with Gasteiger partial charge in [-0.25, -0.2) is 0 Å². The van der Waals surface area contributed by atoms with Crippen LogP contribution in [0.25, 0.3) is 0 Å². The summed E-state index contributed by atoms with van der Waals surface area (Å²) in [7, 11) is 0. The number of nitrogens with one attached hydrogen (secondary N) is 1. The lowest BCUT2D eigenvalue weighted by atomic mass is 10.2. The Hall–Kier alpha value is -2.40. The highest BCUT2D eigenvalue weighted by Gasteiger charge is 2.11. The van der Waals surface area contributed by atoms with Crippen molar-refractivity contribution in [2.24, 2.45) is 5.73 Å². The minimum Gasteiger partial charge on any atom is -0.366 e. The van der Waals surface area contributed by atoms with E-state index in [1.807, 2.05) is 0 Å². The second-order valence-corrected chi connectivity index (χ2v) is 4.61. The highest BCUT2D eigenvalue weighted by atomic mass is 35.5. The monoisotopic (exact) mass is 289 g/mol. The molecular weight excluding hydrogens is 278 g/mol. The molecule has 20 heavy (non-hydrogen) atoms. The molecule has 0 radical (unpaired) electrons. The van der Waals surface area contributed by atoms with E-state index >= 15 is 0 Å². The first-order chi connectivity index (χ1) is 9.47. The van der Waals surface area contributed by atoms with E-state index in [1.54, 1.807) is 25.1 Å². The Labute approximate surface area is 120 Å². The molecule has 0 spiro atoms. The number of hydrogen-bond acceptors (Lipinski definition) is 3. The largest absolute Gasteiger partial charge is 0.366 e. The number of carbonyl (C=O) groups is 2. The van der Waals surface area contributed by atoms with Crippen molar-refractivity contribution in [1.29, 1.82) is 0 Å². The van der Waals surface area contributed by atoms with E-state index in [9.17, 15) is 9.59 Å². The van der Waals surface area contributed by atoms with Gasteiger partial charge in [0.25, 0.3) is 5.91 Å². The number of rotatable bonds is 3. The van der Waals surface area contributed by atoms with E-state index in [1.165, 1.54) is 18.3 Å². The molecule has 2 rings (SSSR count). The van der Waals surface area contributed by atoms with Crippen LogP contribution in [-0.2, 0) is 0 Å². The highest BCUT2D eigenvalue weighted by molar-refractivity contribution is 6.34. The van der Waals surface area contributed by atoms with Crippen LogP contribution in [0.4, 0.5) is 5.69 Å². The Balaban J connectivity index is 2.17. The average molecular weight is 290 g/mol. The lowest BCUT2D eigenvalue weighted by Crippen LogP contribution is -2.14. The van der Waals surface area contributed by atoms with Crippen LogP contribution in [0.15, 0.2) is 36.5 Å². The van der Waals surface area contributed by atoms with Crippen molar-refractivity contribution in [3.63, 3.8) is 0 Å². The summed E-state index contributed by atoms with van der Waals surface area (Å²) in [5, 5.41) is 3.01. The summed E-state index contributed by atoms with van der Waals surface area (Å²) >= 11 is 6.00. The predicted molar refractivity (Wildman–Crippen MR) is 76.9 cm³/mol. The molecule has 102 valence electrons. The normalized spacial score (nSPS) is 10.1. The number of carbonyl (C=O) groups excluding carboxylic acids is 2. The molecule has 1 aromatic heterocycles. The van der Waals surface area contributed by atoms with E-state index in [2.05, 4.69) is 10.3 Å². The van der Waals surface area contributed by atoms with Crippen molar-refractivity contribution in [3.05, 3.63) is 58.4 Å². The van der Waals surface area contributed by atoms with E-state index < -0.39 is 5.91 Å². The van der Waals surface area contributed by atoms with Gasteiger partial charge < -0.3 is 11.1 Å². The summed E-state index contributed by atoms with van der Waals surface area (Å²) in [4.78, 5) is 27.0. The van der Waals surface area contributed by atoms with Crippen LogP contribution in [0.1, 0.15) is 26.4 Å². The van der Waals surface area contributed by atoms with E-state index in [0.29, 0.717) is 16.3 Å². The number of benzene rings is 1. The lowest BCUT2D eigenvalue weighted by Gasteiger charge is -2.07. The van der Waals surface area contributed by atoms with Gasteiger partial charge in [-0.3, -0.25) is 14.6 Å². The molecule has 0 aliphatic carbocycles. The fourth-order valence-electron chi connectivity index (χ4n) is 1.61. The number of hydrogen-bond donors (Lipinski definition) is 2. The molecule has 0 atom stereocenters. The van der Waals surface area contributed by atoms with Crippen LogP contribution >= 0.6 is 11.6 Å². The molecule has 0 saturated heterocycles. The third kappa shape index (κ3) is 3.13. The summed E-state index contributed by atoms with van der Waals surface area (Å²) in [5.41, 5.74) is 7.07. The number of nitrogens with two attached hydrogens (primary N) is 1. The maximum atomic E-state index is 12.0. The van der Waals surface area contributed by atoms with Crippen LogP contribution in [0.3, 0.4) is 0 Å². The summed E-state index contributed by atoms with van der Waals surface area (Å²) in [5.74, 6) is -0.886. The number of aryl methyl sites for hydroxylation is 1. The van der Waals surface area contributed by atoms with Gasteiger partial charge in [0.15, 0.2) is 0 Å². The minimum absolute atomic E-state index is 0.288. The molecule has 0 aliphatic rings. The van der Waals surface area contributed by atoms with Crippen molar-refractivity contribution >= 4 is 29.1 Å². The number of anilines is 1. The molecule has 2 aromatic rings. The number of pyridine rings is 1. The number of aromatic nitrogens is 1. The van der Waals surface area contributed by atoms with Gasteiger partial charge in [0.05, 0.1) is 10.6 Å². The van der Waals surface area contributed by atoms with Crippen LogP contribution in [0, 0.1) is 6.92 Å². The molecule has 0 aliphatic heterocycles. The summed E-state index contributed by atoms with van der Waals surface area (Å²) in [6.07, 6.45) is 1.42. The topological polar surface area (TPSA) is 85.1 Å². The van der Waals surface area contributed by atoms with Crippen LogP contribution in [0.2, 0.25) is 5.02 Å². The molecule has 3 N–H and O–H groups in total. The molecule has 1 heterocycles. The molecular formula is C14H12ClN3O2. The predicted octanol–water partition coefficient (Wildman–Crippen LogP) is 2.39. The molecule has 1 aromatic carbocycles. The number of primary amides is 1. The molecule has 0 fully saturated rings. The second kappa shape index (κ2) is 5.71. The van der Waals surface area contributed by atoms with Crippen molar-refractivity contribution in [2.75, 3.05) is 5.32 Å². The third-order valence-electron chi connectivity index (χ3n) is 2.66. The zero-order valence-corrected chi connectivity index (χ0v) is 11.4. The standard InChI is InChI=1S/C14H12ClN3O2/c1-8-6-12(15)11(7-17-8)14(20)18-10-4-2-9(3-5-10)13(16)19/h2-7H,1H3,(H2,16,19)(H,18,20). The molecule has 6 heteroatoms. The Morgan fingerprint density at radius 2 is 1.90 bits per heavy atom. The van der Waals surface area contributed by atoms with Crippen LogP contribution in [0.5, 0.6) is 0 Å². The van der Waals surface area contributed by atoms with Gasteiger partial charge in [-0.15, -0.1) is 0 Å². The van der Waals surface area contributed by atoms with Crippen molar-refractivity contribution in [3.8, 4) is 0 Å². The smallest absolute Gasteiger partial charge is 0.258 e. The summed E-state index contributed by atoms with van der Waals surface area (Å²) in [6, 6.07) is 7.87. The average Bonchev–Trinajstić information content (AvgIpc) is 2.39. The Morgan fingerprint density at radius 3 is 2.45 bits per heavy atom. The first-order valence-electron chi connectivity index (χ1n) is 5.81. The minimum atomic E-state index is -0.520. The quantitative estimate of drug-likeness (QED) is 0.910. The molecule has 5 nitrogen and oxygen atoms in total. The fourth-order valence-corrected chi connectivity index (χ4v) is 1.90. The van der Waals surface area contributed by atoms with E-state index in [-0.39, 0.29) is 11.5 Å². The lowest BCUT2D eigenvalue weighted by molar-refractivity contribution is 0.0998.